The Balaban J connectivity index is 0.000000206. The Morgan fingerprint density at radius 3 is 1.79 bits per heavy atom. The Morgan fingerprint density at radius 2 is 1.64 bits per heavy atom. The Bertz CT molecular complexity index is 250. The highest BCUT2D eigenvalue weighted by atomic mass is 32.1. The molecule has 0 aliphatic rings. The fourth-order valence-electron chi connectivity index (χ4n) is 0.673. The minimum Gasteiger partial charge on any atom is -0.265 e. The van der Waals surface area contributed by atoms with E-state index < -0.39 is 0 Å². The highest BCUT2D eigenvalue weighted by molar-refractivity contribution is 7.09. The number of aromatic nitrogens is 1. The lowest BCUT2D eigenvalue weighted by molar-refractivity contribution is 1.33. The first-order valence-electron chi connectivity index (χ1n) is 4.74. The van der Waals surface area contributed by atoms with E-state index in [2.05, 4.69) is 29.4 Å². The molecular weight excluding hydrogens is 190 g/mol. The summed E-state index contributed by atoms with van der Waals surface area (Å²) in [5, 5.41) is 2.08. The van der Waals surface area contributed by atoms with Crippen molar-refractivity contribution >= 4 is 11.3 Å². The minimum absolute atomic E-state index is 1.38. The summed E-state index contributed by atoms with van der Waals surface area (Å²) < 4.78 is 0. The molecule has 0 spiro atoms. The summed E-state index contributed by atoms with van der Waals surface area (Å²) in [6.45, 7) is 6.10. The van der Waals surface area contributed by atoms with Crippen LogP contribution >= 0.6 is 11.3 Å². The minimum atomic E-state index is 1.38. The molecule has 76 valence electrons. The summed E-state index contributed by atoms with van der Waals surface area (Å²) in [6.07, 6.45) is 3.50. The van der Waals surface area contributed by atoms with Crippen LogP contribution in [0.3, 0.4) is 0 Å². The van der Waals surface area contributed by atoms with Crippen molar-refractivity contribution in [2.75, 3.05) is 0 Å². The van der Waals surface area contributed by atoms with Crippen LogP contribution in [0.5, 0.6) is 0 Å². The van der Waals surface area contributed by atoms with Gasteiger partial charge in [-0.3, -0.25) is 4.98 Å². The number of nitrogens with zero attached hydrogens (tertiary/aromatic N) is 1. The van der Waals surface area contributed by atoms with Crippen LogP contribution in [0, 0.1) is 6.92 Å². The number of thiophene rings is 1. The quantitative estimate of drug-likeness (QED) is 0.632. The first-order chi connectivity index (χ1) is 6.89. The van der Waals surface area contributed by atoms with E-state index in [0.29, 0.717) is 0 Å². The van der Waals surface area contributed by atoms with E-state index in [1.807, 2.05) is 32.0 Å². The van der Waals surface area contributed by atoms with Crippen molar-refractivity contribution < 1.29 is 0 Å². The summed E-state index contributed by atoms with van der Waals surface area (Å²) in [5.41, 5.74) is 0. The van der Waals surface area contributed by atoms with E-state index in [0.717, 1.165) is 0 Å². The van der Waals surface area contributed by atoms with Gasteiger partial charge in [0.2, 0.25) is 0 Å². The molecule has 0 amide bonds. The molecule has 14 heavy (non-hydrogen) atoms. The third-order valence-corrected chi connectivity index (χ3v) is 2.03. The molecule has 2 heteroatoms. The predicted molar refractivity (Wildman–Crippen MR) is 64.6 cm³/mol. The van der Waals surface area contributed by atoms with Crippen molar-refractivity contribution in [1.29, 1.82) is 0 Å². The van der Waals surface area contributed by atoms with Gasteiger partial charge in [-0.15, -0.1) is 11.3 Å². The SMILES string of the molecule is CC.Cc1cccs1.c1ccncc1. The molecule has 0 unspecified atom stereocenters. The first kappa shape index (κ1) is 12.8. The summed E-state index contributed by atoms with van der Waals surface area (Å²) in [5.74, 6) is 0. The van der Waals surface area contributed by atoms with Crippen LogP contribution in [0.25, 0.3) is 0 Å². The number of hydrogen-bond donors (Lipinski definition) is 0. The van der Waals surface area contributed by atoms with Crippen LogP contribution < -0.4 is 0 Å². The molecule has 0 N–H and O–H groups in total. The highest BCUT2D eigenvalue weighted by Gasteiger charge is 1.74. The van der Waals surface area contributed by atoms with E-state index >= 15 is 0 Å². The maximum atomic E-state index is 3.78. The van der Waals surface area contributed by atoms with Gasteiger partial charge in [-0.1, -0.05) is 26.0 Å². The predicted octanol–water partition coefficient (Wildman–Crippen LogP) is 4.16. The zero-order valence-electron chi connectivity index (χ0n) is 8.97. The van der Waals surface area contributed by atoms with Crippen LogP contribution in [0.2, 0.25) is 0 Å². The van der Waals surface area contributed by atoms with Gasteiger partial charge in [0.05, 0.1) is 0 Å². The highest BCUT2D eigenvalue weighted by Crippen LogP contribution is 2.03. The smallest absolute Gasteiger partial charge is 0.0267 e. The van der Waals surface area contributed by atoms with Crippen LogP contribution in [-0.4, -0.2) is 4.98 Å². The fourth-order valence-corrected chi connectivity index (χ4v) is 1.20. The second-order valence-corrected chi connectivity index (χ2v) is 3.40. The van der Waals surface area contributed by atoms with Gasteiger partial charge in [0, 0.05) is 17.3 Å². The molecule has 0 radical (unpaired) electrons. The van der Waals surface area contributed by atoms with Gasteiger partial charge < -0.3 is 0 Å². The van der Waals surface area contributed by atoms with Gasteiger partial charge in [0.15, 0.2) is 0 Å². The van der Waals surface area contributed by atoms with Crippen molar-refractivity contribution in [2.24, 2.45) is 0 Å². The summed E-state index contributed by atoms with van der Waals surface area (Å²) in [7, 11) is 0. The maximum Gasteiger partial charge on any atom is 0.0267 e. The van der Waals surface area contributed by atoms with Gasteiger partial charge in [-0.25, -0.2) is 0 Å². The molecule has 2 aromatic rings. The van der Waals surface area contributed by atoms with Crippen molar-refractivity contribution in [3.63, 3.8) is 0 Å². The molecule has 2 heterocycles. The summed E-state index contributed by atoms with van der Waals surface area (Å²) in [4.78, 5) is 5.17. The van der Waals surface area contributed by atoms with Gasteiger partial charge >= 0.3 is 0 Å². The Labute approximate surface area is 90.5 Å². The second kappa shape index (κ2) is 9.93. The van der Waals surface area contributed by atoms with E-state index in [-0.39, 0.29) is 0 Å². The van der Waals surface area contributed by atoms with E-state index in [1.165, 1.54) is 4.88 Å². The number of rotatable bonds is 0. The molecule has 2 rings (SSSR count). The molecule has 0 bridgehead atoms. The van der Waals surface area contributed by atoms with Crippen LogP contribution in [0.4, 0.5) is 0 Å². The lowest BCUT2D eigenvalue weighted by Gasteiger charge is -1.70. The first-order valence-corrected chi connectivity index (χ1v) is 5.62. The molecule has 0 aliphatic heterocycles. The number of hydrogen-bond acceptors (Lipinski definition) is 2. The number of aryl methyl sites for hydroxylation is 1. The van der Waals surface area contributed by atoms with Crippen LogP contribution in [-0.2, 0) is 0 Å². The molecule has 0 saturated carbocycles. The molecule has 0 atom stereocenters. The van der Waals surface area contributed by atoms with E-state index in [1.54, 1.807) is 23.7 Å². The van der Waals surface area contributed by atoms with Crippen LogP contribution in [0.1, 0.15) is 18.7 Å². The third kappa shape index (κ3) is 7.50. The van der Waals surface area contributed by atoms with Crippen molar-refractivity contribution in [1.82, 2.24) is 4.98 Å². The largest absolute Gasteiger partial charge is 0.265 e. The maximum absolute atomic E-state index is 3.78. The average molecular weight is 207 g/mol. The Hall–Kier alpha value is -1.15. The second-order valence-electron chi connectivity index (χ2n) is 2.25. The standard InChI is InChI=1S/C5H5N.C5H6S.C2H6/c1-2-4-6-5-3-1;1-5-3-2-4-6-5;1-2/h1-5H;2-4H,1H3;1-2H3. The zero-order valence-corrected chi connectivity index (χ0v) is 9.79. The third-order valence-electron chi connectivity index (χ3n) is 1.23. The lowest BCUT2D eigenvalue weighted by Crippen LogP contribution is -1.58. The fraction of sp³-hybridized carbons (Fsp3) is 0.250. The molecular formula is C12H17NS. The summed E-state index contributed by atoms with van der Waals surface area (Å²) in [6, 6.07) is 9.87. The number of pyridine rings is 1. The van der Waals surface area contributed by atoms with Crippen LogP contribution in [0.15, 0.2) is 48.1 Å². The van der Waals surface area contributed by atoms with Gasteiger partial charge in [-0.2, -0.15) is 0 Å². The lowest BCUT2D eigenvalue weighted by atomic mass is 10.5. The molecule has 1 nitrogen and oxygen atoms in total. The van der Waals surface area contributed by atoms with E-state index in [9.17, 15) is 0 Å². The van der Waals surface area contributed by atoms with Gasteiger partial charge in [-0.05, 0) is 30.5 Å². The molecule has 0 aromatic carbocycles. The summed E-state index contributed by atoms with van der Waals surface area (Å²) >= 11 is 1.78. The van der Waals surface area contributed by atoms with Gasteiger partial charge in [0.25, 0.3) is 0 Å². The Kier molecular flexibility index (Phi) is 9.12. The van der Waals surface area contributed by atoms with Gasteiger partial charge in [0.1, 0.15) is 0 Å². The van der Waals surface area contributed by atoms with Crippen molar-refractivity contribution in [3.05, 3.63) is 53.0 Å². The molecule has 0 saturated heterocycles. The van der Waals surface area contributed by atoms with Crippen molar-refractivity contribution in [2.45, 2.75) is 20.8 Å². The van der Waals surface area contributed by atoms with E-state index in [4.69, 9.17) is 0 Å². The zero-order chi connectivity index (χ0) is 10.6. The topological polar surface area (TPSA) is 12.9 Å². The molecule has 2 aromatic heterocycles. The Morgan fingerprint density at radius 1 is 1.00 bits per heavy atom. The molecule has 0 aliphatic carbocycles. The van der Waals surface area contributed by atoms with Crippen molar-refractivity contribution in [3.8, 4) is 0 Å². The normalized spacial score (nSPS) is 7.64. The monoisotopic (exact) mass is 207 g/mol. The average Bonchev–Trinajstić information content (AvgIpc) is 2.76. The molecule has 0 fully saturated rings.